The number of aliphatic hydroxyl groups excluding tert-OH is 1. The predicted molar refractivity (Wildman–Crippen MR) is 85.2 cm³/mol. The Morgan fingerprint density at radius 2 is 1.71 bits per heavy atom. The van der Waals surface area contributed by atoms with E-state index in [1.165, 1.54) is 6.07 Å². The van der Waals surface area contributed by atoms with Crippen LogP contribution in [0, 0.1) is 11.2 Å². The molecule has 0 amide bonds. The molecule has 1 aliphatic heterocycles. The lowest BCUT2D eigenvalue weighted by atomic mass is 9.82. The van der Waals surface area contributed by atoms with E-state index < -0.39 is 0 Å². The second-order valence-electron chi connectivity index (χ2n) is 6.08. The molecule has 1 aromatic rings. The van der Waals surface area contributed by atoms with Crippen LogP contribution in [0.15, 0.2) is 24.3 Å². The Balaban J connectivity index is 1.93. The number of benzene rings is 1. The SMILES string of the molecule is CCC(CC)(CO)CN1CCN(c2ccccc2F)CC1. The Hall–Kier alpha value is -1.13. The molecule has 1 aliphatic rings. The van der Waals surface area contributed by atoms with Crippen LogP contribution in [-0.2, 0) is 0 Å². The Labute approximate surface area is 127 Å². The Kier molecular flexibility index (Phi) is 5.59. The maximum Gasteiger partial charge on any atom is 0.146 e. The normalized spacial score (nSPS) is 17.2. The lowest BCUT2D eigenvalue weighted by Gasteiger charge is -2.41. The Morgan fingerprint density at radius 1 is 1.10 bits per heavy atom. The van der Waals surface area contributed by atoms with E-state index in [9.17, 15) is 9.50 Å². The van der Waals surface area contributed by atoms with Gasteiger partial charge in [-0.1, -0.05) is 26.0 Å². The van der Waals surface area contributed by atoms with Crippen molar-refractivity contribution in [3.8, 4) is 0 Å². The van der Waals surface area contributed by atoms with Gasteiger partial charge in [0.25, 0.3) is 0 Å². The van der Waals surface area contributed by atoms with Crippen molar-refractivity contribution in [1.29, 1.82) is 0 Å². The van der Waals surface area contributed by atoms with Crippen molar-refractivity contribution in [2.24, 2.45) is 5.41 Å². The number of para-hydroxylation sites is 1. The summed E-state index contributed by atoms with van der Waals surface area (Å²) in [4.78, 5) is 4.52. The molecule has 3 nitrogen and oxygen atoms in total. The highest BCUT2D eigenvalue weighted by Crippen LogP contribution is 2.28. The zero-order valence-electron chi connectivity index (χ0n) is 13.2. The van der Waals surface area contributed by atoms with Crippen molar-refractivity contribution in [1.82, 2.24) is 4.90 Å². The third-order valence-electron chi connectivity index (χ3n) is 4.96. The molecule has 0 atom stereocenters. The van der Waals surface area contributed by atoms with Gasteiger partial charge in [-0.15, -0.1) is 0 Å². The van der Waals surface area contributed by atoms with Gasteiger partial charge in [-0.2, -0.15) is 0 Å². The Bertz CT molecular complexity index is 432. The van der Waals surface area contributed by atoms with Crippen molar-refractivity contribution in [2.45, 2.75) is 26.7 Å². The molecule has 1 fully saturated rings. The first-order valence-electron chi connectivity index (χ1n) is 7.97. The van der Waals surface area contributed by atoms with E-state index in [2.05, 4.69) is 23.6 Å². The molecule has 0 aliphatic carbocycles. The van der Waals surface area contributed by atoms with Crippen molar-refractivity contribution in [3.63, 3.8) is 0 Å². The van der Waals surface area contributed by atoms with Crippen LogP contribution in [0.1, 0.15) is 26.7 Å². The first-order valence-corrected chi connectivity index (χ1v) is 7.97. The topological polar surface area (TPSA) is 26.7 Å². The van der Waals surface area contributed by atoms with E-state index in [0.29, 0.717) is 5.69 Å². The second kappa shape index (κ2) is 7.23. The summed E-state index contributed by atoms with van der Waals surface area (Å²) in [5, 5.41) is 9.69. The highest BCUT2D eigenvalue weighted by Gasteiger charge is 2.30. The molecule has 4 heteroatoms. The molecular formula is C17H27FN2O. The van der Waals surface area contributed by atoms with Gasteiger partial charge in [0.05, 0.1) is 5.69 Å². The van der Waals surface area contributed by atoms with Crippen LogP contribution in [0.2, 0.25) is 0 Å². The molecule has 0 spiro atoms. The number of nitrogens with zero attached hydrogens (tertiary/aromatic N) is 2. The average Bonchev–Trinajstić information content (AvgIpc) is 2.54. The number of hydrogen-bond acceptors (Lipinski definition) is 3. The number of aliphatic hydroxyl groups is 1. The van der Waals surface area contributed by atoms with Crippen LogP contribution in [0.4, 0.5) is 10.1 Å². The molecule has 0 bridgehead atoms. The van der Waals surface area contributed by atoms with Crippen molar-refractivity contribution >= 4 is 5.69 Å². The number of hydrogen-bond donors (Lipinski definition) is 1. The van der Waals surface area contributed by atoms with Crippen LogP contribution in [-0.4, -0.2) is 49.3 Å². The minimum absolute atomic E-state index is 0.0141. The summed E-state index contributed by atoms with van der Waals surface area (Å²) >= 11 is 0. The number of rotatable bonds is 6. The molecule has 0 saturated carbocycles. The molecule has 118 valence electrons. The molecule has 2 rings (SSSR count). The van der Waals surface area contributed by atoms with Gasteiger partial charge in [0.1, 0.15) is 5.82 Å². The van der Waals surface area contributed by atoms with E-state index in [4.69, 9.17) is 0 Å². The Morgan fingerprint density at radius 3 is 2.24 bits per heavy atom. The second-order valence-corrected chi connectivity index (χ2v) is 6.08. The van der Waals surface area contributed by atoms with Crippen molar-refractivity contribution in [2.75, 3.05) is 44.2 Å². The first-order chi connectivity index (χ1) is 10.1. The van der Waals surface area contributed by atoms with Gasteiger partial charge in [0.2, 0.25) is 0 Å². The summed E-state index contributed by atoms with van der Waals surface area (Å²) in [6.07, 6.45) is 1.99. The van der Waals surface area contributed by atoms with E-state index in [-0.39, 0.29) is 17.8 Å². The van der Waals surface area contributed by atoms with Gasteiger partial charge in [0, 0.05) is 44.7 Å². The summed E-state index contributed by atoms with van der Waals surface area (Å²) in [6.45, 7) is 9.01. The quantitative estimate of drug-likeness (QED) is 0.874. The van der Waals surface area contributed by atoms with Gasteiger partial charge >= 0.3 is 0 Å². The smallest absolute Gasteiger partial charge is 0.146 e. The third kappa shape index (κ3) is 3.74. The van der Waals surface area contributed by atoms with E-state index >= 15 is 0 Å². The molecule has 1 saturated heterocycles. The highest BCUT2D eigenvalue weighted by atomic mass is 19.1. The number of anilines is 1. The third-order valence-corrected chi connectivity index (χ3v) is 4.96. The molecular weight excluding hydrogens is 267 g/mol. The van der Waals surface area contributed by atoms with Gasteiger partial charge < -0.3 is 10.0 Å². The lowest BCUT2D eigenvalue weighted by Crippen LogP contribution is -2.50. The monoisotopic (exact) mass is 294 g/mol. The predicted octanol–water partition coefficient (Wildman–Crippen LogP) is 2.75. The average molecular weight is 294 g/mol. The number of piperazine rings is 1. The fourth-order valence-corrected chi connectivity index (χ4v) is 3.08. The van der Waals surface area contributed by atoms with Gasteiger partial charge in [-0.05, 0) is 25.0 Å². The fraction of sp³-hybridized carbons (Fsp3) is 0.647. The van der Waals surface area contributed by atoms with Gasteiger partial charge in [-0.3, -0.25) is 4.90 Å². The largest absolute Gasteiger partial charge is 0.396 e. The summed E-state index contributed by atoms with van der Waals surface area (Å²) in [5.41, 5.74) is 0.719. The summed E-state index contributed by atoms with van der Waals surface area (Å²) < 4.78 is 13.8. The maximum absolute atomic E-state index is 13.8. The summed E-state index contributed by atoms with van der Waals surface area (Å²) in [7, 11) is 0. The summed E-state index contributed by atoms with van der Waals surface area (Å²) in [6, 6.07) is 6.98. The van der Waals surface area contributed by atoms with Crippen molar-refractivity contribution in [3.05, 3.63) is 30.1 Å². The van der Waals surface area contributed by atoms with Crippen LogP contribution in [0.5, 0.6) is 0 Å². The lowest BCUT2D eigenvalue weighted by molar-refractivity contribution is 0.0633. The maximum atomic E-state index is 13.8. The molecule has 1 N–H and O–H groups in total. The van der Waals surface area contributed by atoms with Crippen LogP contribution >= 0.6 is 0 Å². The number of halogens is 1. The molecule has 1 heterocycles. The molecule has 1 aromatic carbocycles. The minimum atomic E-state index is -0.141. The molecule has 0 unspecified atom stereocenters. The molecule has 21 heavy (non-hydrogen) atoms. The van der Waals surface area contributed by atoms with E-state index in [1.807, 2.05) is 12.1 Å². The van der Waals surface area contributed by atoms with Crippen LogP contribution in [0.3, 0.4) is 0 Å². The van der Waals surface area contributed by atoms with Crippen molar-refractivity contribution < 1.29 is 9.50 Å². The van der Waals surface area contributed by atoms with E-state index in [1.54, 1.807) is 6.07 Å². The molecule has 0 radical (unpaired) electrons. The molecule has 0 aromatic heterocycles. The zero-order valence-corrected chi connectivity index (χ0v) is 13.2. The van der Waals surface area contributed by atoms with E-state index in [0.717, 1.165) is 45.6 Å². The van der Waals surface area contributed by atoms with Crippen LogP contribution in [0.25, 0.3) is 0 Å². The highest BCUT2D eigenvalue weighted by molar-refractivity contribution is 5.47. The van der Waals surface area contributed by atoms with Crippen LogP contribution < -0.4 is 4.90 Å². The van der Waals surface area contributed by atoms with Gasteiger partial charge in [0.15, 0.2) is 0 Å². The zero-order chi connectivity index (χ0) is 15.3. The van der Waals surface area contributed by atoms with Gasteiger partial charge in [-0.25, -0.2) is 4.39 Å². The fourth-order valence-electron chi connectivity index (χ4n) is 3.08. The first kappa shape index (κ1) is 16.2. The minimum Gasteiger partial charge on any atom is -0.396 e. The summed E-state index contributed by atoms with van der Waals surface area (Å²) in [5.74, 6) is -0.141. The standard InChI is InChI=1S/C17H27FN2O/c1-3-17(4-2,14-21)13-19-9-11-20(12-10-19)16-8-6-5-7-15(16)18/h5-8,21H,3-4,9-14H2,1-2H3.